The molecule has 0 aromatic rings. The van der Waals surface area contributed by atoms with E-state index in [-0.39, 0.29) is 12.5 Å². The molecule has 19 heavy (non-hydrogen) atoms. The van der Waals surface area contributed by atoms with Crippen molar-refractivity contribution in [3.05, 3.63) is 0 Å². The molecule has 0 aliphatic carbocycles. The molecule has 0 aromatic carbocycles. The number of nitrogens with zero attached hydrogens (tertiary/aromatic N) is 2. The SMILES string of the molecule is O=C(O)CC1CN(C2CCN3CCCCC23)CCO1. The van der Waals surface area contributed by atoms with Crippen LogP contribution in [0, 0.1) is 0 Å². The molecule has 5 heteroatoms. The van der Waals surface area contributed by atoms with Gasteiger partial charge in [-0.25, -0.2) is 0 Å². The molecule has 0 spiro atoms. The topological polar surface area (TPSA) is 53.0 Å². The van der Waals surface area contributed by atoms with Gasteiger partial charge in [0.25, 0.3) is 0 Å². The van der Waals surface area contributed by atoms with Crippen molar-refractivity contribution in [3.8, 4) is 0 Å². The molecular formula is C14H24N2O3. The van der Waals surface area contributed by atoms with Crippen molar-refractivity contribution in [2.45, 2.75) is 50.3 Å². The number of rotatable bonds is 3. The lowest BCUT2D eigenvalue weighted by atomic mass is 9.97. The molecule has 3 rings (SSSR count). The van der Waals surface area contributed by atoms with E-state index in [4.69, 9.17) is 9.84 Å². The van der Waals surface area contributed by atoms with Crippen LogP contribution in [0.2, 0.25) is 0 Å². The maximum absolute atomic E-state index is 10.8. The average molecular weight is 268 g/mol. The Kier molecular flexibility index (Phi) is 4.05. The van der Waals surface area contributed by atoms with Crippen LogP contribution in [-0.4, -0.2) is 71.8 Å². The summed E-state index contributed by atoms with van der Waals surface area (Å²) in [7, 11) is 0. The molecule has 3 saturated heterocycles. The van der Waals surface area contributed by atoms with Crippen LogP contribution in [0.4, 0.5) is 0 Å². The highest BCUT2D eigenvalue weighted by molar-refractivity contribution is 5.67. The fourth-order valence-electron chi connectivity index (χ4n) is 4.01. The maximum Gasteiger partial charge on any atom is 0.306 e. The van der Waals surface area contributed by atoms with E-state index in [2.05, 4.69) is 9.80 Å². The van der Waals surface area contributed by atoms with E-state index in [0.29, 0.717) is 18.7 Å². The summed E-state index contributed by atoms with van der Waals surface area (Å²) >= 11 is 0. The van der Waals surface area contributed by atoms with Crippen molar-refractivity contribution in [2.24, 2.45) is 0 Å². The molecular weight excluding hydrogens is 244 g/mol. The molecule has 3 fully saturated rings. The van der Waals surface area contributed by atoms with Gasteiger partial charge < -0.3 is 9.84 Å². The molecule has 3 aliphatic heterocycles. The number of morpholine rings is 1. The second kappa shape index (κ2) is 5.77. The normalized spacial score (nSPS) is 37.2. The third-order valence-corrected chi connectivity index (χ3v) is 4.86. The summed E-state index contributed by atoms with van der Waals surface area (Å²) in [6.07, 6.45) is 5.26. The van der Waals surface area contributed by atoms with Crippen LogP contribution < -0.4 is 0 Å². The smallest absolute Gasteiger partial charge is 0.306 e. The molecule has 108 valence electrons. The van der Waals surface area contributed by atoms with E-state index in [1.165, 1.54) is 38.8 Å². The number of hydrogen-bond donors (Lipinski definition) is 1. The number of hydrogen-bond acceptors (Lipinski definition) is 4. The average Bonchev–Trinajstić information content (AvgIpc) is 2.82. The maximum atomic E-state index is 10.8. The molecule has 3 atom stereocenters. The molecule has 3 unspecified atom stereocenters. The fourth-order valence-corrected chi connectivity index (χ4v) is 4.01. The highest BCUT2D eigenvalue weighted by atomic mass is 16.5. The summed E-state index contributed by atoms with van der Waals surface area (Å²) in [5.74, 6) is -0.752. The van der Waals surface area contributed by atoms with Gasteiger partial charge >= 0.3 is 5.97 Å². The van der Waals surface area contributed by atoms with Gasteiger partial charge in [-0.1, -0.05) is 6.42 Å². The third kappa shape index (κ3) is 2.93. The van der Waals surface area contributed by atoms with E-state index in [0.717, 1.165) is 13.1 Å². The predicted octanol–water partition coefficient (Wildman–Crippen LogP) is 0.789. The Morgan fingerprint density at radius 2 is 1.95 bits per heavy atom. The molecule has 0 radical (unpaired) electrons. The van der Waals surface area contributed by atoms with Crippen molar-refractivity contribution in [1.82, 2.24) is 9.80 Å². The van der Waals surface area contributed by atoms with Crippen molar-refractivity contribution in [2.75, 3.05) is 32.8 Å². The third-order valence-electron chi connectivity index (χ3n) is 4.86. The van der Waals surface area contributed by atoms with Crippen LogP contribution in [0.5, 0.6) is 0 Å². The quantitative estimate of drug-likeness (QED) is 0.820. The van der Waals surface area contributed by atoms with Crippen LogP contribution in [0.3, 0.4) is 0 Å². The first-order valence-electron chi connectivity index (χ1n) is 7.55. The van der Waals surface area contributed by atoms with Crippen molar-refractivity contribution >= 4 is 5.97 Å². The Balaban J connectivity index is 1.60. The first kappa shape index (κ1) is 13.3. The van der Waals surface area contributed by atoms with Crippen LogP contribution in [0.25, 0.3) is 0 Å². The summed E-state index contributed by atoms with van der Waals surface area (Å²) in [6, 6.07) is 1.33. The van der Waals surface area contributed by atoms with Gasteiger partial charge in [-0.2, -0.15) is 0 Å². The minimum atomic E-state index is -0.752. The van der Waals surface area contributed by atoms with E-state index < -0.39 is 5.97 Å². The number of ether oxygens (including phenoxy) is 1. The first-order valence-corrected chi connectivity index (χ1v) is 7.55. The van der Waals surface area contributed by atoms with Gasteiger partial charge in [-0.05, 0) is 25.8 Å². The first-order chi connectivity index (χ1) is 9.24. The highest BCUT2D eigenvalue weighted by Gasteiger charge is 2.40. The lowest BCUT2D eigenvalue weighted by molar-refractivity contribution is -0.142. The van der Waals surface area contributed by atoms with Gasteiger partial charge in [-0.15, -0.1) is 0 Å². The second-order valence-corrected chi connectivity index (χ2v) is 6.04. The van der Waals surface area contributed by atoms with E-state index >= 15 is 0 Å². The molecule has 0 aromatic heterocycles. The lowest BCUT2D eigenvalue weighted by Gasteiger charge is -2.41. The van der Waals surface area contributed by atoms with Crippen LogP contribution >= 0.6 is 0 Å². The molecule has 1 N–H and O–H groups in total. The number of carboxylic acid groups (broad SMARTS) is 1. The Bertz CT molecular complexity index is 337. The van der Waals surface area contributed by atoms with Gasteiger partial charge in [0.15, 0.2) is 0 Å². The summed E-state index contributed by atoms with van der Waals surface area (Å²) in [5, 5.41) is 8.90. The summed E-state index contributed by atoms with van der Waals surface area (Å²) in [5.41, 5.74) is 0. The van der Waals surface area contributed by atoms with E-state index in [9.17, 15) is 4.79 Å². The molecule has 5 nitrogen and oxygen atoms in total. The van der Waals surface area contributed by atoms with E-state index in [1.54, 1.807) is 0 Å². The Hall–Kier alpha value is -0.650. The number of piperidine rings is 1. The largest absolute Gasteiger partial charge is 0.481 e. The second-order valence-electron chi connectivity index (χ2n) is 6.04. The number of carbonyl (C=O) groups is 1. The minimum absolute atomic E-state index is 0.121. The van der Waals surface area contributed by atoms with Crippen molar-refractivity contribution < 1.29 is 14.6 Å². The standard InChI is InChI=1S/C14H24N2O3/c17-14(18)9-11-10-16(7-8-19-11)13-4-6-15-5-2-1-3-12(13)15/h11-13H,1-10H2,(H,17,18). The monoisotopic (exact) mass is 268 g/mol. The summed E-state index contributed by atoms with van der Waals surface area (Å²) in [6.45, 7) is 4.91. The zero-order valence-corrected chi connectivity index (χ0v) is 11.5. The Morgan fingerprint density at radius 1 is 1.11 bits per heavy atom. The number of carboxylic acids is 1. The van der Waals surface area contributed by atoms with Crippen molar-refractivity contribution in [1.29, 1.82) is 0 Å². The van der Waals surface area contributed by atoms with Crippen molar-refractivity contribution in [3.63, 3.8) is 0 Å². The molecule has 0 saturated carbocycles. The van der Waals surface area contributed by atoms with Crippen LogP contribution in [0.15, 0.2) is 0 Å². The summed E-state index contributed by atoms with van der Waals surface area (Å²) < 4.78 is 5.58. The fraction of sp³-hybridized carbons (Fsp3) is 0.929. The molecule has 0 bridgehead atoms. The van der Waals surface area contributed by atoms with Gasteiger partial charge in [-0.3, -0.25) is 14.6 Å². The minimum Gasteiger partial charge on any atom is -0.481 e. The van der Waals surface area contributed by atoms with Gasteiger partial charge in [0, 0.05) is 31.7 Å². The highest BCUT2D eigenvalue weighted by Crippen LogP contribution is 2.31. The lowest BCUT2D eigenvalue weighted by Crippen LogP contribution is -2.53. The van der Waals surface area contributed by atoms with Crippen LogP contribution in [0.1, 0.15) is 32.1 Å². The zero-order chi connectivity index (χ0) is 13.2. The Labute approximate surface area is 114 Å². The number of aliphatic carboxylic acids is 1. The molecule has 3 aliphatic rings. The molecule has 3 heterocycles. The van der Waals surface area contributed by atoms with E-state index in [1.807, 2.05) is 0 Å². The summed E-state index contributed by atoms with van der Waals surface area (Å²) in [4.78, 5) is 15.9. The Morgan fingerprint density at radius 3 is 2.79 bits per heavy atom. The van der Waals surface area contributed by atoms with Crippen LogP contribution in [-0.2, 0) is 9.53 Å². The molecule has 0 amide bonds. The van der Waals surface area contributed by atoms with Gasteiger partial charge in [0.2, 0.25) is 0 Å². The predicted molar refractivity (Wildman–Crippen MR) is 71.2 cm³/mol. The van der Waals surface area contributed by atoms with Gasteiger partial charge in [0.05, 0.1) is 19.1 Å². The zero-order valence-electron chi connectivity index (χ0n) is 11.5. The number of fused-ring (bicyclic) bond motifs is 1. The van der Waals surface area contributed by atoms with Gasteiger partial charge in [0.1, 0.15) is 0 Å².